The van der Waals surface area contributed by atoms with Gasteiger partial charge in [0.15, 0.2) is 11.5 Å². The zero-order valence-corrected chi connectivity index (χ0v) is 21.0. The smallest absolute Gasteiger partial charge is 0.328 e. The normalized spacial score (nSPS) is 15.5. The van der Waals surface area contributed by atoms with Crippen molar-refractivity contribution >= 4 is 34.9 Å². The van der Waals surface area contributed by atoms with Gasteiger partial charge in [0.2, 0.25) is 0 Å². The number of imidazole rings is 1. The number of esters is 1. The highest BCUT2D eigenvalue weighted by atomic mass is 16.5. The molecule has 0 radical (unpaired) electrons. The Morgan fingerprint density at radius 3 is 2.43 bits per heavy atom. The van der Waals surface area contributed by atoms with Gasteiger partial charge in [-0.2, -0.15) is 9.97 Å². The number of nitrogens with one attached hydrogen (secondary N) is 1. The first-order valence-corrected chi connectivity index (χ1v) is 12.0. The molecule has 2 aromatic rings. The Hall–Kier alpha value is -3.94. The molecule has 1 atom stereocenters. The van der Waals surface area contributed by atoms with Gasteiger partial charge in [0.1, 0.15) is 11.6 Å². The lowest BCUT2D eigenvalue weighted by atomic mass is 10.2. The van der Waals surface area contributed by atoms with Crippen LogP contribution >= 0.6 is 0 Å². The van der Waals surface area contributed by atoms with E-state index in [-0.39, 0.29) is 29.5 Å². The van der Waals surface area contributed by atoms with Gasteiger partial charge in [-0.25, -0.2) is 14.4 Å². The van der Waals surface area contributed by atoms with Gasteiger partial charge in [-0.1, -0.05) is 13.3 Å². The van der Waals surface area contributed by atoms with Crippen LogP contribution in [0.3, 0.4) is 0 Å². The minimum atomic E-state index is -1.26. The number of carbonyl (C=O) groups is 3. The molecule has 1 aliphatic rings. The number of carboxylic acid groups (broad SMARTS) is 2. The topological polar surface area (TPSA) is 203 Å². The summed E-state index contributed by atoms with van der Waals surface area (Å²) in [5.74, 6) is -2.48. The molecule has 37 heavy (non-hydrogen) atoms. The van der Waals surface area contributed by atoms with Crippen molar-refractivity contribution in [2.24, 2.45) is 0 Å². The first kappa shape index (κ1) is 29.3. The van der Waals surface area contributed by atoms with Gasteiger partial charge in [0.25, 0.3) is 0 Å². The number of aliphatic carboxylic acids is 2. The van der Waals surface area contributed by atoms with Gasteiger partial charge in [0, 0.05) is 18.7 Å². The van der Waals surface area contributed by atoms with E-state index < -0.39 is 11.9 Å². The van der Waals surface area contributed by atoms with Gasteiger partial charge >= 0.3 is 29.6 Å². The molecule has 0 bridgehead atoms. The number of aromatic amines is 1. The molecule has 0 saturated carbocycles. The predicted molar refractivity (Wildman–Crippen MR) is 133 cm³/mol. The number of aryl methyl sites for hydroxylation is 1. The Morgan fingerprint density at radius 2 is 1.81 bits per heavy atom. The summed E-state index contributed by atoms with van der Waals surface area (Å²) in [6, 6.07) is 0.0420. The number of nitrogens with two attached hydrogens (primary N) is 1. The molecule has 1 saturated heterocycles. The number of fused-ring (bicyclic) bond motifs is 1. The van der Waals surface area contributed by atoms with Crippen LogP contribution in [0.1, 0.15) is 45.4 Å². The minimum absolute atomic E-state index is 0.147. The Kier molecular flexibility index (Phi) is 11.5. The number of hydrogen-bond acceptors (Lipinski definition) is 10. The second-order valence-corrected chi connectivity index (χ2v) is 8.31. The van der Waals surface area contributed by atoms with Crippen LogP contribution in [-0.4, -0.2) is 85.4 Å². The van der Waals surface area contributed by atoms with Crippen LogP contribution in [0, 0.1) is 0 Å². The number of nitrogen functional groups attached to an aromatic ring is 1. The van der Waals surface area contributed by atoms with E-state index in [0.29, 0.717) is 36.5 Å². The van der Waals surface area contributed by atoms with Crippen molar-refractivity contribution in [1.82, 2.24) is 24.4 Å². The number of H-pyrrole nitrogens is 1. The van der Waals surface area contributed by atoms with Crippen molar-refractivity contribution in [2.75, 3.05) is 32.5 Å². The van der Waals surface area contributed by atoms with Crippen LogP contribution < -0.4 is 16.2 Å². The van der Waals surface area contributed by atoms with Crippen molar-refractivity contribution in [3.05, 3.63) is 22.6 Å². The molecule has 14 nitrogen and oxygen atoms in total. The summed E-state index contributed by atoms with van der Waals surface area (Å²) in [7, 11) is 1.43. The Morgan fingerprint density at radius 1 is 1.14 bits per heavy atom. The average molecular weight is 523 g/mol. The lowest BCUT2D eigenvalue weighted by molar-refractivity contribution is -0.145. The second-order valence-electron chi connectivity index (χ2n) is 8.31. The minimum Gasteiger partial charge on any atom is -0.478 e. The van der Waals surface area contributed by atoms with E-state index in [1.54, 1.807) is 4.57 Å². The Labute approximate surface area is 213 Å². The molecule has 0 aliphatic carbocycles. The summed E-state index contributed by atoms with van der Waals surface area (Å²) in [4.78, 5) is 56.7. The van der Waals surface area contributed by atoms with Gasteiger partial charge in [-0.3, -0.25) is 14.3 Å². The lowest BCUT2D eigenvalue weighted by Gasteiger charge is -2.22. The van der Waals surface area contributed by atoms with Crippen molar-refractivity contribution in [2.45, 2.75) is 58.0 Å². The number of anilines is 1. The largest absolute Gasteiger partial charge is 0.478 e. The quantitative estimate of drug-likeness (QED) is 0.175. The zero-order valence-electron chi connectivity index (χ0n) is 21.0. The molecule has 1 fully saturated rings. The molecule has 2 aromatic heterocycles. The molecule has 0 unspecified atom stereocenters. The van der Waals surface area contributed by atoms with E-state index in [1.807, 2.05) is 0 Å². The third-order valence-corrected chi connectivity index (χ3v) is 5.64. The maximum atomic E-state index is 12.4. The molecule has 204 valence electrons. The molecule has 5 N–H and O–H groups in total. The average Bonchev–Trinajstić information content (AvgIpc) is 3.45. The number of carboxylic acids is 2. The van der Waals surface area contributed by atoms with Crippen LogP contribution in [0.2, 0.25) is 0 Å². The third-order valence-electron chi connectivity index (χ3n) is 5.64. The van der Waals surface area contributed by atoms with Crippen LogP contribution in [-0.2, 0) is 25.7 Å². The van der Waals surface area contributed by atoms with E-state index in [2.05, 4.69) is 26.8 Å². The Bertz CT molecular complexity index is 1140. The van der Waals surface area contributed by atoms with E-state index >= 15 is 0 Å². The summed E-state index contributed by atoms with van der Waals surface area (Å²) < 4.78 is 12.0. The van der Waals surface area contributed by atoms with Crippen molar-refractivity contribution in [3.8, 4) is 6.01 Å². The lowest BCUT2D eigenvalue weighted by Crippen LogP contribution is -2.37. The Balaban J connectivity index is 0.000000521. The second kappa shape index (κ2) is 14.6. The van der Waals surface area contributed by atoms with Crippen LogP contribution in [0.25, 0.3) is 11.2 Å². The van der Waals surface area contributed by atoms with E-state index in [4.69, 9.17) is 25.4 Å². The number of ether oxygens (including phenoxy) is 2. The highest BCUT2D eigenvalue weighted by Crippen LogP contribution is 2.20. The number of unbranched alkanes of at least 4 members (excludes halogenated alkanes) is 2. The SMILES string of the molecule is CCCCOc1nc(N)c2[nH]c(=O)n(CCCCN3CCC[C@H]3C(=O)OC)c2n1.O=C(O)/C=C/C(=O)O. The third kappa shape index (κ3) is 8.90. The monoisotopic (exact) mass is 522 g/mol. The highest BCUT2D eigenvalue weighted by molar-refractivity contribution is 5.89. The summed E-state index contributed by atoms with van der Waals surface area (Å²) in [5, 5.41) is 15.6. The van der Waals surface area contributed by atoms with Crippen molar-refractivity contribution in [3.63, 3.8) is 0 Å². The number of methoxy groups -OCH3 is 1. The fourth-order valence-electron chi connectivity index (χ4n) is 3.83. The summed E-state index contributed by atoms with van der Waals surface area (Å²) in [6.45, 7) is 4.77. The summed E-state index contributed by atoms with van der Waals surface area (Å²) in [6.07, 6.45) is 6.47. The molecule has 3 rings (SSSR count). The van der Waals surface area contributed by atoms with E-state index in [0.717, 1.165) is 51.6 Å². The number of hydrogen-bond donors (Lipinski definition) is 4. The number of carbonyl (C=O) groups excluding carboxylic acids is 1. The number of likely N-dealkylation sites (tertiary alicyclic amines) is 1. The number of aromatic nitrogens is 4. The summed E-state index contributed by atoms with van der Waals surface area (Å²) in [5.41, 5.74) is 6.60. The van der Waals surface area contributed by atoms with E-state index in [9.17, 15) is 19.2 Å². The summed E-state index contributed by atoms with van der Waals surface area (Å²) >= 11 is 0. The van der Waals surface area contributed by atoms with E-state index in [1.165, 1.54) is 7.11 Å². The highest BCUT2D eigenvalue weighted by Gasteiger charge is 2.30. The predicted octanol–water partition coefficient (Wildman–Crippen LogP) is 1.01. The molecule has 0 spiro atoms. The van der Waals surface area contributed by atoms with Crippen LogP contribution in [0.5, 0.6) is 6.01 Å². The standard InChI is InChI=1S/C19H30N6O4.C4H4O4/c1-3-4-12-29-18-22-15(20)14-16(23-18)25(19(27)21-14)11-6-5-9-24-10-7-8-13(24)17(26)28-2;5-3(6)1-2-4(7)8/h13H,3-12H2,1-2H3,(H,21,27)(H2,20,22,23);1-2H,(H,5,6)(H,7,8)/b;2-1+/t13-;/m0./s1. The fourth-order valence-corrected chi connectivity index (χ4v) is 3.83. The van der Waals surface area contributed by atoms with Crippen molar-refractivity contribution < 1.29 is 34.1 Å². The van der Waals surface area contributed by atoms with Gasteiger partial charge in [0.05, 0.1) is 13.7 Å². The first-order chi connectivity index (χ1) is 17.7. The van der Waals surface area contributed by atoms with Gasteiger partial charge in [-0.15, -0.1) is 0 Å². The van der Waals surface area contributed by atoms with Crippen LogP contribution in [0.15, 0.2) is 16.9 Å². The van der Waals surface area contributed by atoms with Crippen LogP contribution in [0.4, 0.5) is 5.82 Å². The molecular weight excluding hydrogens is 488 g/mol. The molecule has 3 heterocycles. The van der Waals surface area contributed by atoms with Crippen molar-refractivity contribution in [1.29, 1.82) is 0 Å². The molecule has 0 aromatic carbocycles. The fraction of sp³-hybridized carbons (Fsp3) is 0.565. The molecular formula is C23H34N6O8. The molecule has 1 aliphatic heterocycles. The van der Waals surface area contributed by atoms with Gasteiger partial charge < -0.3 is 30.4 Å². The molecule has 14 heteroatoms. The first-order valence-electron chi connectivity index (χ1n) is 12.0. The molecule has 0 amide bonds. The van der Waals surface area contributed by atoms with Gasteiger partial charge in [-0.05, 0) is 45.2 Å². The maximum Gasteiger partial charge on any atom is 0.328 e. The number of rotatable bonds is 12. The number of nitrogens with zero attached hydrogens (tertiary/aromatic N) is 4. The maximum absolute atomic E-state index is 12.4. The zero-order chi connectivity index (χ0) is 27.4.